The minimum atomic E-state index is -0.255. The van der Waals surface area contributed by atoms with Crippen molar-refractivity contribution < 1.29 is 14.3 Å². The number of aryl methyl sites for hydroxylation is 3. The van der Waals surface area contributed by atoms with E-state index in [1.165, 1.54) is 4.68 Å². The molecule has 1 aliphatic rings. The molecular formula is C30H31N3O4. The summed E-state index contributed by atoms with van der Waals surface area (Å²) in [5, 5.41) is 2.98. The first-order valence-corrected chi connectivity index (χ1v) is 12.6. The number of nitrogens with zero attached hydrogens (tertiary/aromatic N) is 2. The number of aromatic nitrogens is 2. The van der Waals surface area contributed by atoms with Gasteiger partial charge in [0.05, 0.1) is 17.9 Å². The van der Waals surface area contributed by atoms with Gasteiger partial charge in [0.1, 0.15) is 6.54 Å². The van der Waals surface area contributed by atoms with E-state index in [1.807, 2.05) is 75.4 Å². The predicted molar refractivity (Wildman–Crippen MR) is 144 cm³/mol. The van der Waals surface area contributed by atoms with Gasteiger partial charge in [-0.05, 0) is 74.2 Å². The number of rotatable bonds is 7. The van der Waals surface area contributed by atoms with E-state index in [0.717, 1.165) is 34.4 Å². The zero-order valence-corrected chi connectivity index (χ0v) is 21.6. The molecule has 1 N–H and O–H groups in total. The van der Waals surface area contributed by atoms with Gasteiger partial charge in [-0.3, -0.25) is 9.59 Å². The van der Waals surface area contributed by atoms with Gasteiger partial charge in [-0.2, -0.15) is 0 Å². The summed E-state index contributed by atoms with van der Waals surface area (Å²) in [5.74, 6) is 1.30. The minimum absolute atomic E-state index is 0.0980. The second-order valence-electron chi connectivity index (χ2n) is 9.36. The van der Waals surface area contributed by atoms with Crippen LogP contribution in [-0.2, 0) is 24.2 Å². The Morgan fingerprint density at radius 2 is 1.76 bits per heavy atom. The van der Waals surface area contributed by atoms with E-state index in [-0.39, 0.29) is 18.0 Å². The van der Waals surface area contributed by atoms with Crippen molar-refractivity contribution in [3.05, 3.63) is 98.8 Å². The molecule has 37 heavy (non-hydrogen) atoms. The van der Waals surface area contributed by atoms with Gasteiger partial charge >= 0.3 is 0 Å². The maximum atomic E-state index is 13.7. The molecule has 2 heterocycles. The monoisotopic (exact) mass is 497 g/mol. The first kappa shape index (κ1) is 24.4. The number of hydrogen-bond acceptors (Lipinski definition) is 4. The van der Waals surface area contributed by atoms with Gasteiger partial charge in [0.15, 0.2) is 11.5 Å². The summed E-state index contributed by atoms with van der Waals surface area (Å²) < 4.78 is 15.3. The summed E-state index contributed by atoms with van der Waals surface area (Å²) in [6.07, 6.45) is 1.28. The van der Waals surface area contributed by atoms with Gasteiger partial charge in [-0.25, -0.2) is 9.36 Å². The molecular weight excluding hydrogens is 466 g/mol. The lowest BCUT2D eigenvalue weighted by molar-refractivity contribution is -0.117. The predicted octanol–water partition coefficient (Wildman–Crippen LogP) is 5.55. The summed E-state index contributed by atoms with van der Waals surface area (Å²) in [7, 11) is 0. The second kappa shape index (κ2) is 10.0. The summed E-state index contributed by atoms with van der Waals surface area (Å²) in [4.78, 5) is 27.0. The Hall–Kier alpha value is -4.26. The molecule has 0 unspecified atom stereocenters. The van der Waals surface area contributed by atoms with E-state index < -0.39 is 0 Å². The standard InChI is InChI=1S/C30H31N3O4/c1-5-21-10-12-24(13-11-21)33-29(35)25-17-22-8-7-9-26(36-6-2)28(22)37-30(25)32(33)18-27(34)31-23-15-19(3)14-20(4)16-23/h7-16H,5-6,17-18H2,1-4H3,(H,31,34). The molecule has 1 amide bonds. The molecule has 0 saturated heterocycles. The molecule has 0 atom stereocenters. The number of amides is 1. The Kier molecular flexibility index (Phi) is 6.61. The van der Waals surface area contributed by atoms with E-state index in [0.29, 0.717) is 41.7 Å². The van der Waals surface area contributed by atoms with Crippen LogP contribution >= 0.6 is 0 Å². The molecule has 0 saturated carbocycles. The molecule has 0 aliphatic carbocycles. The molecule has 7 nitrogen and oxygen atoms in total. The highest BCUT2D eigenvalue weighted by Crippen LogP contribution is 2.42. The first-order chi connectivity index (χ1) is 17.9. The van der Waals surface area contributed by atoms with Crippen LogP contribution in [-0.4, -0.2) is 21.9 Å². The van der Waals surface area contributed by atoms with Crippen molar-refractivity contribution in [2.75, 3.05) is 11.9 Å². The molecule has 190 valence electrons. The van der Waals surface area contributed by atoms with Crippen molar-refractivity contribution in [3.63, 3.8) is 0 Å². The third-order valence-corrected chi connectivity index (χ3v) is 6.50. The number of anilines is 1. The van der Waals surface area contributed by atoms with Crippen molar-refractivity contribution in [2.24, 2.45) is 0 Å². The fourth-order valence-corrected chi connectivity index (χ4v) is 4.87. The zero-order valence-electron chi connectivity index (χ0n) is 21.6. The van der Waals surface area contributed by atoms with E-state index in [4.69, 9.17) is 9.47 Å². The van der Waals surface area contributed by atoms with Gasteiger partial charge in [0.25, 0.3) is 5.56 Å². The third kappa shape index (κ3) is 4.77. The highest BCUT2D eigenvalue weighted by Gasteiger charge is 2.31. The smallest absolute Gasteiger partial charge is 0.278 e. The van der Waals surface area contributed by atoms with Gasteiger partial charge in [-0.15, -0.1) is 0 Å². The number of ether oxygens (including phenoxy) is 2. The van der Waals surface area contributed by atoms with Gasteiger partial charge in [0, 0.05) is 17.7 Å². The van der Waals surface area contributed by atoms with Crippen LogP contribution in [0.1, 0.15) is 41.7 Å². The molecule has 5 rings (SSSR count). The maximum absolute atomic E-state index is 13.7. The number of carbonyl (C=O) groups excluding carboxylic acids is 1. The molecule has 1 aromatic heterocycles. The van der Waals surface area contributed by atoms with E-state index >= 15 is 0 Å². The van der Waals surface area contributed by atoms with Crippen LogP contribution in [0, 0.1) is 13.8 Å². The number of benzene rings is 3. The molecule has 4 aromatic rings. The molecule has 0 bridgehead atoms. The average molecular weight is 498 g/mol. The number of para-hydroxylation sites is 1. The van der Waals surface area contributed by atoms with Crippen LogP contribution in [0.15, 0.2) is 65.5 Å². The lowest BCUT2D eigenvalue weighted by atomic mass is 10.0. The topological polar surface area (TPSA) is 74.5 Å². The fraction of sp³-hybridized carbons (Fsp3) is 0.267. The summed E-state index contributed by atoms with van der Waals surface area (Å²) in [5.41, 5.74) is 5.86. The fourth-order valence-electron chi connectivity index (χ4n) is 4.87. The van der Waals surface area contributed by atoms with E-state index in [2.05, 4.69) is 18.3 Å². The number of fused-ring (bicyclic) bond motifs is 2. The quantitative estimate of drug-likeness (QED) is 0.320. The Morgan fingerprint density at radius 1 is 1.03 bits per heavy atom. The summed E-state index contributed by atoms with van der Waals surface area (Å²) in [6, 6.07) is 19.4. The lowest BCUT2D eigenvalue weighted by Gasteiger charge is -2.21. The Balaban J connectivity index is 1.59. The molecule has 0 spiro atoms. The van der Waals surface area contributed by atoms with Gasteiger partial charge in [-0.1, -0.05) is 37.3 Å². The Bertz CT molecular complexity index is 1510. The van der Waals surface area contributed by atoms with Crippen LogP contribution < -0.4 is 20.3 Å². The van der Waals surface area contributed by atoms with Crippen molar-refractivity contribution in [3.8, 4) is 23.1 Å². The van der Waals surface area contributed by atoms with E-state index in [9.17, 15) is 9.59 Å². The van der Waals surface area contributed by atoms with Gasteiger partial charge in [0.2, 0.25) is 11.8 Å². The Morgan fingerprint density at radius 3 is 2.43 bits per heavy atom. The van der Waals surface area contributed by atoms with Crippen LogP contribution in [0.25, 0.3) is 5.69 Å². The second-order valence-corrected chi connectivity index (χ2v) is 9.36. The summed E-state index contributed by atoms with van der Waals surface area (Å²) >= 11 is 0. The average Bonchev–Trinajstić information content (AvgIpc) is 3.13. The maximum Gasteiger partial charge on any atom is 0.278 e. The van der Waals surface area contributed by atoms with Crippen LogP contribution in [0.5, 0.6) is 17.4 Å². The minimum Gasteiger partial charge on any atom is -0.490 e. The SMILES string of the molecule is CCOc1cccc2c1Oc1c(c(=O)n(-c3ccc(CC)cc3)n1CC(=O)Nc1cc(C)cc(C)c1)C2. The van der Waals surface area contributed by atoms with Crippen LogP contribution in [0.2, 0.25) is 0 Å². The lowest BCUT2D eigenvalue weighted by Crippen LogP contribution is -2.27. The highest BCUT2D eigenvalue weighted by atomic mass is 16.5. The van der Waals surface area contributed by atoms with Crippen molar-refractivity contribution >= 4 is 11.6 Å². The van der Waals surface area contributed by atoms with Gasteiger partial charge < -0.3 is 14.8 Å². The largest absolute Gasteiger partial charge is 0.490 e. The molecule has 0 fully saturated rings. The zero-order chi connectivity index (χ0) is 26.1. The van der Waals surface area contributed by atoms with Crippen LogP contribution in [0.3, 0.4) is 0 Å². The molecule has 3 aromatic carbocycles. The molecule has 7 heteroatoms. The Labute approximate surface area is 216 Å². The van der Waals surface area contributed by atoms with Crippen molar-refractivity contribution in [1.29, 1.82) is 0 Å². The highest BCUT2D eigenvalue weighted by molar-refractivity contribution is 5.90. The van der Waals surface area contributed by atoms with Crippen LogP contribution in [0.4, 0.5) is 5.69 Å². The summed E-state index contributed by atoms with van der Waals surface area (Å²) in [6.45, 7) is 8.37. The molecule has 1 aliphatic heterocycles. The number of carbonyl (C=O) groups is 1. The van der Waals surface area contributed by atoms with Crippen molar-refractivity contribution in [1.82, 2.24) is 9.36 Å². The molecule has 0 radical (unpaired) electrons. The number of hydrogen-bond donors (Lipinski definition) is 1. The first-order valence-electron chi connectivity index (χ1n) is 12.6. The van der Waals surface area contributed by atoms with Crippen molar-refractivity contribution in [2.45, 2.75) is 47.1 Å². The number of nitrogens with one attached hydrogen (secondary N) is 1. The van der Waals surface area contributed by atoms with E-state index in [1.54, 1.807) is 4.68 Å². The normalized spacial score (nSPS) is 11.9. The third-order valence-electron chi connectivity index (χ3n) is 6.50.